The summed E-state index contributed by atoms with van der Waals surface area (Å²) in [6.45, 7) is 5.90. The zero-order valence-electron chi connectivity index (χ0n) is 29.8. The summed E-state index contributed by atoms with van der Waals surface area (Å²) in [7, 11) is -3.87. The first-order valence-electron chi connectivity index (χ1n) is 18.4. The predicted molar refractivity (Wildman–Crippen MR) is 185 cm³/mol. The maximum absolute atomic E-state index is 14.3. The second kappa shape index (κ2) is 14.6. The molecular formula is C36H51N5O9S. The average Bonchev–Trinajstić information content (AvgIpc) is 3.99. The highest BCUT2D eigenvalue weighted by molar-refractivity contribution is 7.91. The number of hydrogen-bond donors (Lipinski definition) is 3. The number of amides is 5. The molecule has 0 radical (unpaired) electrons. The van der Waals surface area contributed by atoms with Crippen LogP contribution >= 0.6 is 0 Å². The Bertz CT molecular complexity index is 1640. The van der Waals surface area contributed by atoms with E-state index in [9.17, 15) is 32.4 Å². The summed E-state index contributed by atoms with van der Waals surface area (Å²) in [6.07, 6.45) is 4.63. The van der Waals surface area contributed by atoms with E-state index in [2.05, 4.69) is 15.4 Å². The van der Waals surface area contributed by atoms with Crippen molar-refractivity contribution in [1.82, 2.24) is 25.2 Å². The van der Waals surface area contributed by atoms with Gasteiger partial charge in [-0.3, -0.25) is 19.1 Å². The summed E-state index contributed by atoms with van der Waals surface area (Å²) < 4.78 is 39.2. The van der Waals surface area contributed by atoms with Crippen molar-refractivity contribution in [2.45, 2.75) is 139 Å². The fourth-order valence-electron chi connectivity index (χ4n) is 7.57. The minimum atomic E-state index is -3.87. The first kappa shape index (κ1) is 36.9. The van der Waals surface area contributed by atoms with E-state index in [0.29, 0.717) is 51.6 Å². The zero-order valence-corrected chi connectivity index (χ0v) is 30.6. The minimum absolute atomic E-state index is 0.0321. The van der Waals surface area contributed by atoms with Crippen molar-refractivity contribution in [1.29, 1.82) is 0 Å². The van der Waals surface area contributed by atoms with E-state index in [1.165, 1.54) is 10.5 Å². The summed E-state index contributed by atoms with van der Waals surface area (Å²) in [6, 6.07) is 5.72. The summed E-state index contributed by atoms with van der Waals surface area (Å²) >= 11 is 0. The minimum Gasteiger partial charge on any atom is -0.444 e. The number of fused-ring (bicyclic) bond motifs is 3. The molecule has 5 aliphatic rings. The first-order chi connectivity index (χ1) is 24.1. The molecule has 280 valence electrons. The molecule has 6 rings (SSSR count). The number of nitrogens with zero attached hydrogens (tertiary/aromatic N) is 2. The van der Waals surface area contributed by atoms with Crippen molar-refractivity contribution < 1.29 is 41.9 Å². The highest BCUT2D eigenvalue weighted by Crippen LogP contribution is 2.48. The molecule has 5 amide bonds. The van der Waals surface area contributed by atoms with Crippen LogP contribution in [0.25, 0.3) is 0 Å². The molecule has 14 nitrogen and oxygen atoms in total. The molecule has 1 aromatic carbocycles. The van der Waals surface area contributed by atoms with Gasteiger partial charge in [0.25, 0.3) is 5.91 Å². The summed E-state index contributed by atoms with van der Waals surface area (Å²) in [5.41, 5.74) is -0.0464. The third kappa shape index (κ3) is 8.78. The van der Waals surface area contributed by atoms with Gasteiger partial charge in [0.05, 0.1) is 11.8 Å². The number of carbonyl (C=O) groups excluding carboxylic acids is 5. The van der Waals surface area contributed by atoms with Gasteiger partial charge in [0.2, 0.25) is 21.8 Å². The Kier molecular flexibility index (Phi) is 10.6. The van der Waals surface area contributed by atoms with E-state index in [1.807, 2.05) is 24.3 Å². The van der Waals surface area contributed by atoms with E-state index in [4.69, 9.17) is 9.47 Å². The van der Waals surface area contributed by atoms with Gasteiger partial charge in [-0.05, 0) is 76.3 Å². The fourth-order valence-corrected chi connectivity index (χ4v) is 8.94. The van der Waals surface area contributed by atoms with Crippen molar-refractivity contribution in [3.8, 4) is 0 Å². The van der Waals surface area contributed by atoms with E-state index >= 15 is 0 Å². The van der Waals surface area contributed by atoms with Crippen molar-refractivity contribution in [3.05, 3.63) is 35.4 Å². The standard InChI is InChI=1S/C36H51N5O9S/c1-35(2,3)50-33(45)37-28-14-8-6-4-5-7-13-25-20-36(25,32(44)39-51(47,48)27-15-16-27)38-30(42)29-19-26(22-41(29)31(28)43)49-34(46)40-18-17-23-11-9-10-12-24(23)21-40/h9-12,25-29H,4-8,13-22H2,1-3H3,(H,37,45)(H,38,42)(H,39,44)/t25-,26-,28+,29+,36-/m1/s1. The predicted octanol–water partition coefficient (Wildman–Crippen LogP) is 3.27. The first-order valence-corrected chi connectivity index (χ1v) is 19.9. The molecule has 0 bridgehead atoms. The van der Waals surface area contributed by atoms with Gasteiger partial charge in [0.1, 0.15) is 29.3 Å². The third-order valence-electron chi connectivity index (χ3n) is 10.6. The Balaban J connectivity index is 1.24. The maximum Gasteiger partial charge on any atom is 0.410 e. The molecule has 3 heterocycles. The van der Waals surface area contributed by atoms with Crippen LogP contribution in [0.1, 0.15) is 103 Å². The molecule has 0 unspecified atom stereocenters. The fraction of sp³-hybridized carbons (Fsp3) is 0.694. The highest BCUT2D eigenvalue weighted by Gasteiger charge is 2.62. The van der Waals surface area contributed by atoms with Gasteiger partial charge in [-0.2, -0.15) is 0 Å². The summed E-state index contributed by atoms with van der Waals surface area (Å²) in [5, 5.41) is 4.97. The van der Waals surface area contributed by atoms with Crippen LogP contribution in [-0.2, 0) is 46.8 Å². The lowest BCUT2D eigenvalue weighted by molar-refractivity contribution is -0.141. The number of rotatable bonds is 5. The number of benzene rings is 1. The number of alkyl carbamates (subject to hydrolysis) is 1. The van der Waals surface area contributed by atoms with Crippen molar-refractivity contribution >= 4 is 39.9 Å². The quantitative estimate of drug-likeness (QED) is 0.410. The second-order valence-corrected chi connectivity index (χ2v) is 17.7. The highest BCUT2D eigenvalue weighted by atomic mass is 32.2. The normalized spacial score (nSPS) is 28.8. The molecule has 2 saturated heterocycles. The van der Waals surface area contributed by atoms with Gasteiger partial charge in [0.15, 0.2) is 0 Å². The van der Waals surface area contributed by atoms with E-state index < -0.39 is 74.5 Å². The Morgan fingerprint density at radius 3 is 2.35 bits per heavy atom. The molecule has 51 heavy (non-hydrogen) atoms. The maximum atomic E-state index is 14.3. The van der Waals surface area contributed by atoms with Gasteiger partial charge >= 0.3 is 12.2 Å². The van der Waals surface area contributed by atoms with Crippen LogP contribution in [0.15, 0.2) is 24.3 Å². The molecule has 3 N–H and O–H groups in total. The van der Waals surface area contributed by atoms with Crippen LogP contribution in [0.5, 0.6) is 0 Å². The average molecular weight is 730 g/mol. The SMILES string of the molecule is CC(C)(C)OC(=O)N[C@H]1CCCCCCC[C@@H]2C[C@@]2(C(=O)NS(=O)(=O)C2CC2)NC(=O)[C@@H]2C[C@@H](OC(=O)N3CCc4ccccc4C3)CN2C1=O. The van der Waals surface area contributed by atoms with Crippen LogP contribution in [-0.4, -0.2) is 95.8 Å². The van der Waals surface area contributed by atoms with Crippen LogP contribution in [0.3, 0.4) is 0 Å². The number of carbonyl (C=O) groups is 5. The van der Waals surface area contributed by atoms with Crippen molar-refractivity contribution in [3.63, 3.8) is 0 Å². The molecule has 2 aliphatic carbocycles. The van der Waals surface area contributed by atoms with Crippen LogP contribution < -0.4 is 15.4 Å². The third-order valence-corrected chi connectivity index (χ3v) is 12.4. The topological polar surface area (TPSA) is 181 Å². The molecular weight excluding hydrogens is 678 g/mol. The smallest absolute Gasteiger partial charge is 0.410 e. The molecule has 5 atom stereocenters. The van der Waals surface area contributed by atoms with Crippen LogP contribution in [0, 0.1) is 5.92 Å². The number of sulfonamides is 1. The molecule has 3 aliphatic heterocycles. The number of hydrogen-bond acceptors (Lipinski definition) is 9. The monoisotopic (exact) mass is 729 g/mol. The Hall–Kier alpha value is -3.88. The van der Waals surface area contributed by atoms with E-state index in [0.717, 1.165) is 31.2 Å². The lowest BCUT2D eigenvalue weighted by Gasteiger charge is -2.30. The van der Waals surface area contributed by atoms with Gasteiger partial charge in [0, 0.05) is 19.5 Å². The molecule has 4 fully saturated rings. The van der Waals surface area contributed by atoms with Gasteiger partial charge in [-0.15, -0.1) is 0 Å². The summed E-state index contributed by atoms with van der Waals surface area (Å²) in [4.78, 5) is 71.4. The van der Waals surface area contributed by atoms with Crippen molar-refractivity contribution in [2.24, 2.45) is 5.92 Å². The molecule has 15 heteroatoms. The Morgan fingerprint density at radius 1 is 0.961 bits per heavy atom. The lowest BCUT2D eigenvalue weighted by atomic mass is 10.0. The van der Waals surface area contributed by atoms with Gasteiger partial charge in [-0.1, -0.05) is 56.4 Å². The second-order valence-electron chi connectivity index (χ2n) is 15.8. The lowest BCUT2D eigenvalue weighted by Crippen LogP contribution is -2.58. The number of nitrogens with one attached hydrogen (secondary N) is 3. The number of ether oxygens (including phenoxy) is 2. The Labute approximate surface area is 299 Å². The van der Waals surface area contributed by atoms with E-state index in [-0.39, 0.29) is 25.3 Å². The molecule has 0 aromatic heterocycles. The molecule has 0 spiro atoms. The van der Waals surface area contributed by atoms with Gasteiger partial charge < -0.3 is 29.9 Å². The van der Waals surface area contributed by atoms with Crippen LogP contribution in [0.4, 0.5) is 9.59 Å². The summed E-state index contributed by atoms with van der Waals surface area (Å²) in [5.74, 6) is -2.18. The molecule has 2 saturated carbocycles. The van der Waals surface area contributed by atoms with Crippen molar-refractivity contribution in [2.75, 3.05) is 13.1 Å². The van der Waals surface area contributed by atoms with Gasteiger partial charge in [-0.25, -0.2) is 18.0 Å². The largest absolute Gasteiger partial charge is 0.444 e. The molecule has 1 aromatic rings. The van der Waals surface area contributed by atoms with E-state index in [1.54, 1.807) is 25.7 Å². The zero-order chi connectivity index (χ0) is 36.6. The van der Waals surface area contributed by atoms with Crippen LogP contribution in [0.2, 0.25) is 0 Å². The Morgan fingerprint density at radius 2 is 1.65 bits per heavy atom.